The van der Waals surface area contributed by atoms with Crippen molar-refractivity contribution in [3.05, 3.63) is 53.1 Å². The largest absolute Gasteiger partial charge is 0.467 e. The molecule has 6 heteroatoms. The minimum absolute atomic E-state index is 0.0497. The van der Waals surface area contributed by atoms with Gasteiger partial charge in [0.25, 0.3) is 0 Å². The molecule has 142 valence electrons. The van der Waals surface area contributed by atoms with Crippen LogP contribution in [0.1, 0.15) is 37.5 Å². The molecule has 2 aromatic rings. The second kappa shape index (κ2) is 7.98. The Morgan fingerprint density at radius 3 is 2.23 bits per heavy atom. The van der Waals surface area contributed by atoms with Gasteiger partial charge < -0.3 is 9.47 Å². The van der Waals surface area contributed by atoms with Crippen molar-refractivity contribution in [2.75, 3.05) is 13.9 Å². The molecule has 0 aliphatic heterocycles. The molecule has 0 spiro atoms. The van der Waals surface area contributed by atoms with E-state index in [4.69, 9.17) is 9.47 Å². The van der Waals surface area contributed by atoms with E-state index in [0.717, 1.165) is 22.5 Å². The quantitative estimate of drug-likeness (QED) is 0.538. The topological polar surface area (TPSA) is 18.5 Å². The van der Waals surface area contributed by atoms with Crippen molar-refractivity contribution in [3.8, 4) is 5.75 Å². The first-order valence-electron chi connectivity index (χ1n) is 8.24. The van der Waals surface area contributed by atoms with Crippen LogP contribution in [0, 0.1) is 6.92 Å². The number of hydrogen-bond donors (Lipinski definition) is 0. The summed E-state index contributed by atoms with van der Waals surface area (Å²) < 4.78 is 50.7. The fraction of sp³-hybridized carbons (Fsp3) is 0.400. The summed E-state index contributed by atoms with van der Waals surface area (Å²) in [6.45, 7) is 8.19. The van der Waals surface area contributed by atoms with Crippen LogP contribution in [0.2, 0.25) is 0 Å². The number of benzene rings is 2. The van der Waals surface area contributed by atoms with Gasteiger partial charge in [0.05, 0.1) is 5.56 Å². The van der Waals surface area contributed by atoms with Gasteiger partial charge in [-0.3, -0.25) is 0 Å². The molecule has 0 aliphatic carbocycles. The Bertz CT molecular complexity index is 765. The van der Waals surface area contributed by atoms with E-state index in [-0.39, 0.29) is 26.1 Å². The first kappa shape index (κ1) is 20.7. The molecule has 0 N–H and O–H groups in total. The van der Waals surface area contributed by atoms with Crippen LogP contribution in [0.25, 0.3) is 0 Å². The van der Waals surface area contributed by atoms with Gasteiger partial charge in [-0.05, 0) is 40.9 Å². The van der Waals surface area contributed by atoms with E-state index >= 15 is 0 Å². The van der Waals surface area contributed by atoms with E-state index < -0.39 is 11.7 Å². The molecule has 0 bridgehead atoms. The van der Waals surface area contributed by atoms with Crippen molar-refractivity contribution in [2.45, 2.75) is 39.3 Å². The van der Waals surface area contributed by atoms with Crippen LogP contribution in [-0.4, -0.2) is 13.9 Å². The average molecular weight is 384 g/mol. The SMILES string of the molecule is COCOc1c(C)cc(C(C)(C)C)cc1Pc1ccccc1C(F)(F)F. The van der Waals surface area contributed by atoms with Gasteiger partial charge in [0.1, 0.15) is 5.75 Å². The van der Waals surface area contributed by atoms with Gasteiger partial charge in [-0.15, -0.1) is 0 Å². The van der Waals surface area contributed by atoms with Gasteiger partial charge in [-0.25, -0.2) is 0 Å². The van der Waals surface area contributed by atoms with Crippen molar-refractivity contribution in [3.63, 3.8) is 0 Å². The van der Waals surface area contributed by atoms with Crippen LogP contribution >= 0.6 is 8.58 Å². The number of halogens is 3. The molecule has 26 heavy (non-hydrogen) atoms. The minimum Gasteiger partial charge on any atom is -0.467 e. The van der Waals surface area contributed by atoms with Gasteiger partial charge in [-0.1, -0.05) is 53.6 Å². The predicted molar refractivity (Wildman–Crippen MR) is 101 cm³/mol. The fourth-order valence-corrected chi connectivity index (χ4v) is 4.03. The fourth-order valence-electron chi connectivity index (χ4n) is 2.59. The molecule has 2 rings (SSSR count). The highest BCUT2D eigenvalue weighted by molar-refractivity contribution is 7.55. The molecule has 1 unspecified atom stereocenters. The Morgan fingerprint density at radius 2 is 1.65 bits per heavy atom. The summed E-state index contributed by atoms with van der Waals surface area (Å²) >= 11 is 0. The lowest BCUT2D eigenvalue weighted by Crippen LogP contribution is -2.21. The summed E-state index contributed by atoms with van der Waals surface area (Å²) in [5.41, 5.74) is 1.23. The summed E-state index contributed by atoms with van der Waals surface area (Å²) in [4.78, 5) is 0. The maximum atomic E-state index is 13.4. The van der Waals surface area contributed by atoms with Crippen molar-refractivity contribution < 1.29 is 22.6 Å². The zero-order chi connectivity index (χ0) is 19.5. The standard InChI is InChI=1S/C20H24F3O2P/c1-13-10-14(19(2,3)4)11-17(18(13)25-12-24-5)26-16-9-7-6-8-15(16)20(21,22)23/h6-11,26H,12H2,1-5H3. The smallest absolute Gasteiger partial charge is 0.417 e. The van der Waals surface area contributed by atoms with Crippen LogP contribution in [0.15, 0.2) is 36.4 Å². The van der Waals surface area contributed by atoms with Gasteiger partial charge in [0.15, 0.2) is 6.79 Å². The highest BCUT2D eigenvalue weighted by Gasteiger charge is 2.33. The molecule has 0 aliphatic rings. The number of ether oxygens (including phenoxy) is 2. The van der Waals surface area contributed by atoms with E-state index in [0.29, 0.717) is 5.75 Å². The first-order valence-corrected chi connectivity index (χ1v) is 9.24. The summed E-state index contributed by atoms with van der Waals surface area (Å²) in [6, 6.07) is 9.67. The van der Waals surface area contributed by atoms with Crippen LogP contribution in [0.4, 0.5) is 13.2 Å². The lowest BCUT2D eigenvalue weighted by Gasteiger charge is -2.23. The third-order valence-electron chi connectivity index (χ3n) is 3.96. The van der Waals surface area contributed by atoms with E-state index in [1.807, 2.05) is 19.1 Å². The maximum Gasteiger partial charge on any atom is 0.417 e. The molecular weight excluding hydrogens is 360 g/mol. The summed E-state index contributed by atoms with van der Waals surface area (Å²) in [5, 5.41) is 1.01. The molecular formula is C20H24F3O2P. The zero-order valence-electron chi connectivity index (χ0n) is 15.6. The number of alkyl halides is 3. The predicted octanol–water partition coefficient (Wildman–Crippen LogP) is 4.92. The van der Waals surface area contributed by atoms with E-state index in [2.05, 4.69) is 20.8 Å². The Balaban J connectivity index is 2.55. The summed E-state index contributed by atoms with van der Waals surface area (Å²) in [5.74, 6) is 0.593. The van der Waals surface area contributed by atoms with Crippen LogP contribution in [-0.2, 0) is 16.3 Å². The molecule has 0 amide bonds. The van der Waals surface area contributed by atoms with E-state index in [1.54, 1.807) is 6.07 Å². The second-order valence-electron chi connectivity index (χ2n) is 7.14. The first-order chi connectivity index (χ1) is 12.0. The molecule has 0 radical (unpaired) electrons. The Labute approximate surface area is 154 Å². The van der Waals surface area contributed by atoms with Gasteiger partial charge in [0.2, 0.25) is 0 Å². The molecule has 0 saturated carbocycles. The molecule has 2 nitrogen and oxygen atoms in total. The van der Waals surface area contributed by atoms with E-state index in [1.165, 1.54) is 19.2 Å². The van der Waals surface area contributed by atoms with Crippen molar-refractivity contribution in [2.24, 2.45) is 0 Å². The van der Waals surface area contributed by atoms with Crippen molar-refractivity contribution in [1.29, 1.82) is 0 Å². The van der Waals surface area contributed by atoms with Crippen LogP contribution < -0.4 is 15.3 Å². The molecule has 0 fully saturated rings. The monoisotopic (exact) mass is 384 g/mol. The maximum absolute atomic E-state index is 13.4. The molecule has 0 heterocycles. The molecule has 0 saturated heterocycles. The Kier molecular flexibility index (Phi) is 6.36. The third-order valence-corrected chi connectivity index (χ3v) is 5.31. The minimum atomic E-state index is -4.38. The second-order valence-corrected chi connectivity index (χ2v) is 8.47. The molecule has 1 atom stereocenters. The molecule has 0 aromatic heterocycles. The number of aryl methyl sites for hydroxylation is 1. The Hall–Kier alpha value is -1.58. The lowest BCUT2D eigenvalue weighted by molar-refractivity contribution is -0.136. The van der Waals surface area contributed by atoms with E-state index in [9.17, 15) is 13.2 Å². The summed E-state index contributed by atoms with van der Waals surface area (Å²) in [6.07, 6.45) is -4.38. The van der Waals surface area contributed by atoms with Crippen molar-refractivity contribution >= 4 is 19.2 Å². The normalized spacial score (nSPS) is 12.8. The van der Waals surface area contributed by atoms with Crippen LogP contribution in [0.3, 0.4) is 0 Å². The molecule has 2 aromatic carbocycles. The average Bonchev–Trinajstić information content (AvgIpc) is 2.52. The summed E-state index contributed by atoms with van der Waals surface area (Å²) in [7, 11) is 1.34. The van der Waals surface area contributed by atoms with Crippen LogP contribution in [0.5, 0.6) is 5.75 Å². The van der Waals surface area contributed by atoms with Gasteiger partial charge >= 0.3 is 6.18 Å². The highest BCUT2D eigenvalue weighted by Crippen LogP contribution is 2.34. The Morgan fingerprint density at radius 1 is 1.00 bits per heavy atom. The number of hydrogen-bond acceptors (Lipinski definition) is 2. The third kappa shape index (κ3) is 4.99. The zero-order valence-corrected chi connectivity index (χ0v) is 16.6. The lowest BCUT2D eigenvalue weighted by atomic mass is 9.86. The van der Waals surface area contributed by atoms with Gasteiger partial charge in [0, 0.05) is 12.4 Å². The number of methoxy groups -OCH3 is 1. The van der Waals surface area contributed by atoms with Gasteiger partial charge in [-0.2, -0.15) is 13.2 Å². The van der Waals surface area contributed by atoms with Crippen molar-refractivity contribution in [1.82, 2.24) is 0 Å². The number of rotatable bonds is 5. The highest BCUT2D eigenvalue weighted by atomic mass is 31.1.